The molecule has 0 amide bonds. The van der Waals surface area contributed by atoms with Crippen molar-refractivity contribution >= 4 is 0 Å². The smallest absolute Gasteiger partial charge is 0.272 e. The Kier molecular flexibility index (Phi) is 1.86. The van der Waals surface area contributed by atoms with Crippen molar-refractivity contribution in [3.63, 3.8) is 0 Å². The van der Waals surface area contributed by atoms with Crippen LogP contribution in [0.2, 0.25) is 0 Å². The van der Waals surface area contributed by atoms with Gasteiger partial charge in [-0.1, -0.05) is 6.42 Å². The van der Waals surface area contributed by atoms with Crippen LogP contribution in [-0.4, -0.2) is 6.05 Å². The number of fused-ring (bicyclic) bond motifs is 2. The number of alkyl halides is 2. The first-order chi connectivity index (χ1) is 5.54. The molecular weight excluding hydrogens is 160 g/mol. The number of nitrogens with two attached hydrogens (primary N) is 1. The van der Waals surface area contributed by atoms with Crippen molar-refractivity contribution in [2.24, 2.45) is 23.5 Å². The predicted octanol–water partition coefficient (Wildman–Crippen LogP) is 2.36. The van der Waals surface area contributed by atoms with E-state index in [0.29, 0.717) is 5.92 Å². The maximum atomic E-state index is 12.5. The Labute approximate surface area is 71.3 Å². The maximum Gasteiger partial charge on any atom is 0.300 e. The molecule has 0 spiro atoms. The highest BCUT2D eigenvalue weighted by Crippen LogP contribution is 2.50. The van der Waals surface area contributed by atoms with E-state index >= 15 is 0 Å². The molecule has 2 rings (SSSR count). The van der Waals surface area contributed by atoms with E-state index in [0.717, 1.165) is 18.8 Å². The van der Waals surface area contributed by atoms with Crippen LogP contribution in [0.5, 0.6) is 0 Å². The summed E-state index contributed by atoms with van der Waals surface area (Å²) < 4.78 is 25.0. The zero-order valence-corrected chi connectivity index (χ0v) is 7.10. The molecule has 2 aliphatic carbocycles. The molecule has 0 aromatic carbocycles. The highest BCUT2D eigenvalue weighted by Gasteiger charge is 2.42. The van der Waals surface area contributed by atoms with Gasteiger partial charge in [-0.25, -0.2) is 0 Å². The summed E-state index contributed by atoms with van der Waals surface area (Å²) in [5.41, 5.74) is 4.71. The first-order valence-corrected chi connectivity index (χ1v) is 4.71. The van der Waals surface area contributed by atoms with Crippen LogP contribution >= 0.6 is 0 Å². The summed E-state index contributed by atoms with van der Waals surface area (Å²) in [5, 5.41) is 0. The molecule has 0 aromatic heterocycles. The monoisotopic (exact) mass is 175 g/mol. The largest absolute Gasteiger partial charge is 0.300 e. The minimum Gasteiger partial charge on any atom is -0.272 e. The van der Waals surface area contributed by atoms with Crippen molar-refractivity contribution in [3.8, 4) is 0 Å². The Hall–Kier alpha value is -0.180. The van der Waals surface area contributed by atoms with E-state index in [1.807, 2.05) is 0 Å². The van der Waals surface area contributed by atoms with Gasteiger partial charge >= 0.3 is 0 Å². The van der Waals surface area contributed by atoms with Crippen molar-refractivity contribution in [1.29, 1.82) is 0 Å². The summed E-state index contributed by atoms with van der Waals surface area (Å²) in [6.07, 6.45) is 4.51. The summed E-state index contributed by atoms with van der Waals surface area (Å²) >= 11 is 0. The molecule has 2 aliphatic rings. The Morgan fingerprint density at radius 3 is 2.42 bits per heavy atom. The Morgan fingerprint density at radius 1 is 1.25 bits per heavy atom. The van der Waals surface area contributed by atoms with E-state index in [1.54, 1.807) is 0 Å². The second-order valence-electron chi connectivity index (χ2n) is 4.40. The Bertz CT molecular complexity index is 176. The van der Waals surface area contributed by atoms with Gasteiger partial charge in [0.05, 0.1) is 0 Å². The molecule has 70 valence electrons. The SMILES string of the molecule is NC(F)(F)CC1CC2CCC1C2. The third kappa shape index (κ3) is 1.60. The van der Waals surface area contributed by atoms with Crippen LogP contribution in [0.4, 0.5) is 8.78 Å². The molecule has 3 unspecified atom stereocenters. The molecule has 0 saturated heterocycles. The molecular formula is C9H15F2N. The number of hydrogen-bond acceptors (Lipinski definition) is 1. The van der Waals surface area contributed by atoms with Gasteiger partial charge in [-0.3, -0.25) is 5.73 Å². The second-order valence-corrected chi connectivity index (χ2v) is 4.40. The van der Waals surface area contributed by atoms with Crippen LogP contribution in [0.25, 0.3) is 0 Å². The minimum atomic E-state index is -2.94. The lowest BCUT2D eigenvalue weighted by atomic mass is 9.86. The van der Waals surface area contributed by atoms with Gasteiger partial charge in [-0.05, 0) is 37.0 Å². The van der Waals surface area contributed by atoms with Gasteiger partial charge < -0.3 is 0 Å². The lowest BCUT2D eigenvalue weighted by Crippen LogP contribution is -2.32. The van der Waals surface area contributed by atoms with E-state index in [-0.39, 0.29) is 12.3 Å². The summed E-state index contributed by atoms with van der Waals surface area (Å²) in [4.78, 5) is 0. The van der Waals surface area contributed by atoms with Gasteiger partial charge in [0.15, 0.2) is 0 Å². The fourth-order valence-electron chi connectivity index (χ4n) is 2.98. The summed E-state index contributed by atoms with van der Waals surface area (Å²) in [7, 11) is 0. The van der Waals surface area contributed by atoms with Crippen LogP contribution < -0.4 is 5.73 Å². The zero-order valence-electron chi connectivity index (χ0n) is 7.10. The van der Waals surface area contributed by atoms with Gasteiger partial charge in [0.25, 0.3) is 6.05 Å². The van der Waals surface area contributed by atoms with Gasteiger partial charge in [-0.2, -0.15) is 8.78 Å². The van der Waals surface area contributed by atoms with Crippen LogP contribution in [0.1, 0.15) is 32.1 Å². The lowest BCUT2D eigenvalue weighted by Gasteiger charge is -2.23. The van der Waals surface area contributed by atoms with Crippen molar-refractivity contribution in [2.45, 2.75) is 38.2 Å². The lowest BCUT2D eigenvalue weighted by molar-refractivity contribution is -0.0238. The van der Waals surface area contributed by atoms with Gasteiger partial charge in [-0.15, -0.1) is 0 Å². The quantitative estimate of drug-likeness (QED) is 0.640. The molecule has 2 N–H and O–H groups in total. The van der Waals surface area contributed by atoms with Gasteiger partial charge in [0.1, 0.15) is 0 Å². The minimum absolute atomic E-state index is 0.0891. The molecule has 1 nitrogen and oxygen atoms in total. The van der Waals surface area contributed by atoms with E-state index in [1.165, 1.54) is 12.8 Å². The van der Waals surface area contributed by atoms with Crippen LogP contribution in [0, 0.1) is 17.8 Å². The van der Waals surface area contributed by atoms with E-state index < -0.39 is 6.05 Å². The van der Waals surface area contributed by atoms with Gasteiger partial charge in [0.2, 0.25) is 0 Å². The second kappa shape index (κ2) is 2.66. The fraction of sp³-hybridized carbons (Fsp3) is 1.00. The van der Waals surface area contributed by atoms with Crippen molar-refractivity contribution < 1.29 is 8.78 Å². The van der Waals surface area contributed by atoms with E-state index in [2.05, 4.69) is 0 Å². The first kappa shape index (κ1) is 8.42. The average molecular weight is 175 g/mol. The summed E-state index contributed by atoms with van der Waals surface area (Å²) in [6, 6.07) is -2.94. The molecule has 0 heterocycles. The third-order valence-corrected chi connectivity index (χ3v) is 3.42. The topological polar surface area (TPSA) is 26.0 Å². The molecule has 3 heteroatoms. The van der Waals surface area contributed by atoms with Crippen molar-refractivity contribution in [1.82, 2.24) is 0 Å². The number of hydrogen-bond donors (Lipinski definition) is 1. The molecule has 2 saturated carbocycles. The maximum absolute atomic E-state index is 12.5. The Balaban J connectivity index is 1.91. The number of rotatable bonds is 2. The number of halogens is 2. The van der Waals surface area contributed by atoms with Gasteiger partial charge in [0, 0.05) is 6.42 Å². The standard InChI is InChI=1S/C9H15F2N/c10-9(11,12)5-8-4-6-1-2-7(8)3-6/h6-8H,1-5,12H2. The Morgan fingerprint density at radius 2 is 2.00 bits per heavy atom. The third-order valence-electron chi connectivity index (χ3n) is 3.42. The van der Waals surface area contributed by atoms with Crippen LogP contribution in [0.15, 0.2) is 0 Å². The van der Waals surface area contributed by atoms with Crippen molar-refractivity contribution in [3.05, 3.63) is 0 Å². The molecule has 12 heavy (non-hydrogen) atoms. The summed E-state index contributed by atoms with van der Waals surface area (Å²) in [5.74, 6) is 1.51. The van der Waals surface area contributed by atoms with E-state index in [9.17, 15) is 8.78 Å². The zero-order chi connectivity index (χ0) is 8.77. The van der Waals surface area contributed by atoms with E-state index in [4.69, 9.17) is 5.73 Å². The molecule has 2 bridgehead atoms. The molecule has 0 radical (unpaired) electrons. The molecule has 0 aromatic rings. The first-order valence-electron chi connectivity index (χ1n) is 4.71. The van der Waals surface area contributed by atoms with Crippen LogP contribution in [-0.2, 0) is 0 Å². The fourth-order valence-corrected chi connectivity index (χ4v) is 2.98. The van der Waals surface area contributed by atoms with Crippen LogP contribution in [0.3, 0.4) is 0 Å². The molecule has 2 fully saturated rings. The molecule has 3 atom stereocenters. The normalized spacial score (nSPS) is 40.8. The average Bonchev–Trinajstić information content (AvgIpc) is 2.42. The predicted molar refractivity (Wildman–Crippen MR) is 42.7 cm³/mol. The molecule has 0 aliphatic heterocycles. The highest BCUT2D eigenvalue weighted by atomic mass is 19.3. The summed E-state index contributed by atoms with van der Waals surface area (Å²) in [6.45, 7) is 0. The highest BCUT2D eigenvalue weighted by molar-refractivity contribution is 4.91. The van der Waals surface area contributed by atoms with Crippen molar-refractivity contribution in [2.75, 3.05) is 0 Å².